The van der Waals surface area contributed by atoms with Gasteiger partial charge in [-0.05, 0) is 52.8 Å². The molecule has 0 unspecified atom stereocenters. The summed E-state index contributed by atoms with van der Waals surface area (Å²) in [4.78, 5) is 22.9. The highest BCUT2D eigenvalue weighted by Gasteiger charge is 2.32. The van der Waals surface area contributed by atoms with Crippen LogP contribution < -0.4 is 10.0 Å². The number of aliphatic hydroxyl groups is 1. The summed E-state index contributed by atoms with van der Waals surface area (Å²) < 4.78 is 13.8. The van der Waals surface area contributed by atoms with Crippen LogP contribution in [0.5, 0.6) is 0 Å². The molecule has 4 aromatic rings. The summed E-state index contributed by atoms with van der Waals surface area (Å²) in [7, 11) is 0. The van der Waals surface area contributed by atoms with E-state index in [1.54, 1.807) is 12.1 Å². The van der Waals surface area contributed by atoms with Gasteiger partial charge in [0.2, 0.25) is 5.91 Å². The molecule has 3 N–H and O–H groups in total. The molecular weight excluding hydrogens is 616 g/mol. The van der Waals surface area contributed by atoms with Gasteiger partial charge in [0.15, 0.2) is 12.5 Å². The number of carbonyl (C=O) groups is 2. The average molecular weight is 657 g/mol. The second-order valence-electron chi connectivity index (χ2n) is 11.6. The Kier molecular flexibility index (Phi) is 12.4. The Morgan fingerprint density at radius 1 is 0.851 bits per heavy atom. The number of unbranched alkanes of at least 4 members (excludes halogenated alkanes) is 2. The number of aliphatic hydroxyl groups excluding tert-OH is 1. The minimum Gasteiger partial charge on any atom is -0.618 e. The lowest BCUT2D eigenvalue weighted by atomic mass is 9.99. The summed E-state index contributed by atoms with van der Waals surface area (Å²) in [6.07, 6.45) is 3.60. The molecule has 47 heavy (non-hydrogen) atoms. The zero-order valence-electron chi connectivity index (χ0n) is 26.1. The molecule has 3 atom stereocenters. The van der Waals surface area contributed by atoms with Crippen LogP contribution in [0.2, 0.25) is 0 Å². The van der Waals surface area contributed by atoms with Crippen LogP contribution in [0.3, 0.4) is 0 Å². The van der Waals surface area contributed by atoms with Crippen LogP contribution in [0, 0.1) is 5.21 Å². The predicted molar refractivity (Wildman–Crippen MR) is 179 cm³/mol. The summed E-state index contributed by atoms with van der Waals surface area (Å²) >= 11 is 1.46. The minimum absolute atomic E-state index is 0.0233. The molecule has 0 radical (unpaired) electrons. The Morgan fingerprint density at radius 3 is 2.36 bits per heavy atom. The van der Waals surface area contributed by atoms with Crippen molar-refractivity contribution in [1.82, 2.24) is 5.32 Å². The standard InChI is InChI=1S/C37H40N2O7S/c40-24-26-12-14-29(15-13-26)33-22-32(25-47-35-10-4-5-20-39(35)44)45-37(46-33)30-18-16-28(17-19-30)31-8-6-7-27(21-31)23-38-34(41)9-2-1-3-11-36(42)43/h4-8,10,12-21,32-33,37,40H,1-3,9,11,22-25H2,(H,38,41)(H,42,43)/t32-,33+,37+/m1/s1. The van der Waals surface area contributed by atoms with Gasteiger partial charge in [-0.25, -0.2) is 0 Å². The maximum Gasteiger partial charge on any atom is 0.303 e. The Labute approximate surface area is 279 Å². The molecule has 0 aliphatic carbocycles. The van der Waals surface area contributed by atoms with Gasteiger partial charge in [-0.2, -0.15) is 4.73 Å². The fourth-order valence-electron chi connectivity index (χ4n) is 5.45. The molecule has 1 aliphatic rings. The van der Waals surface area contributed by atoms with Crippen molar-refractivity contribution in [3.05, 3.63) is 125 Å². The number of nitrogens with zero attached hydrogens (tertiary/aromatic N) is 1. The largest absolute Gasteiger partial charge is 0.618 e. The second kappa shape index (κ2) is 17.1. The summed E-state index contributed by atoms with van der Waals surface area (Å²) in [5.41, 5.74) is 5.74. The first-order valence-electron chi connectivity index (χ1n) is 15.9. The minimum atomic E-state index is -0.808. The van der Waals surface area contributed by atoms with E-state index in [0.29, 0.717) is 43.0 Å². The number of pyridine rings is 1. The van der Waals surface area contributed by atoms with Crippen molar-refractivity contribution in [3.8, 4) is 11.1 Å². The van der Waals surface area contributed by atoms with Crippen LogP contribution in [0.15, 0.2) is 102 Å². The van der Waals surface area contributed by atoms with Gasteiger partial charge in [0, 0.05) is 49.3 Å². The molecule has 1 aliphatic heterocycles. The molecule has 246 valence electrons. The van der Waals surface area contributed by atoms with Gasteiger partial charge < -0.3 is 30.2 Å². The summed E-state index contributed by atoms with van der Waals surface area (Å²) in [5, 5.41) is 34.0. The molecule has 0 bridgehead atoms. The van der Waals surface area contributed by atoms with Crippen molar-refractivity contribution < 1.29 is 34.0 Å². The number of hydrogen-bond donors (Lipinski definition) is 3. The van der Waals surface area contributed by atoms with E-state index in [9.17, 15) is 19.9 Å². The molecule has 3 aromatic carbocycles. The average Bonchev–Trinajstić information content (AvgIpc) is 3.10. The van der Waals surface area contributed by atoms with E-state index >= 15 is 0 Å². The van der Waals surface area contributed by atoms with Gasteiger partial charge in [0.25, 0.3) is 5.03 Å². The quantitative estimate of drug-likeness (QED) is 0.0575. The van der Waals surface area contributed by atoms with Gasteiger partial charge in [-0.3, -0.25) is 9.59 Å². The number of ether oxygens (including phenoxy) is 2. The number of hydrogen-bond acceptors (Lipinski definition) is 7. The normalized spacial score (nSPS) is 17.7. The van der Waals surface area contributed by atoms with Gasteiger partial charge in [-0.1, -0.05) is 84.9 Å². The monoisotopic (exact) mass is 656 g/mol. The van der Waals surface area contributed by atoms with Crippen molar-refractivity contribution in [2.75, 3.05) is 5.75 Å². The molecule has 1 amide bonds. The predicted octanol–water partition coefficient (Wildman–Crippen LogP) is 6.47. The zero-order valence-corrected chi connectivity index (χ0v) is 26.9. The van der Waals surface area contributed by atoms with Crippen molar-refractivity contribution >= 4 is 23.6 Å². The maximum atomic E-state index is 12.3. The topological polar surface area (TPSA) is 132 Å². The fourth-order valence-corrected chi connectivity index (χ4v) is 6.38. The Bertz CT molecular complexity index is 1610. The molecule has 1 aromatic heterocycles. The molecule has 2 heterocycles. The Hall–Kier alpha value is -4.22. The third kappa shape index (κ3) is 10.1. The maximum absolute atomic E-state index is 12.3. The first-order valence-corrected chi connectivity index (χ1v) is 16.9. The lowest BCUT2D eigenvalue weighted by Gasteiger charge is -2.36. The molecule has 9 nitrogen and oxygen atoms in total. The van der Waals surface area contributed by atoms with Crippen LogP contribution >= 0.6 is 11.8 Å². The number of carboxylic acids is 1. The van der Waals surface area contributed by atoms with Crippen molar-refractivity contribution in [3.63, 3.8) is 0 Å². The number of rotatable bonds is 15. The van der Waals surface area contributed by atoms with Crippen molar-refractivity contribution in [1.29, 1.82) is 0 Å². The highest BCUT2D eigenvalue weighted by atomic mass is 32.2. The zero-order chi connectivity index (χ0) is 33.0. The van der Waals surface area contributed by atoms with E-state index < -0.39 is 12.3 Å². The Balaban J connectivity index is 1.23. The van der Waals surface area contributed by atoms with E-state index in [-0.39, 0.29) is 31.1 Å². The van der Waals surface area contributed by atoms with Gasteiger partial charge in [0.05, 0.1) is 18.8 Å². The van der Waals surface area contributed by atoms with E-state index in [0.717, 1.165) is 44.5 Å². The number of amides is 1. The number of benzene rings is 3. The highest BCUT2D eigenvalue weighted by Crippen LogP contribution is 2.39. The lowest BCUT2D eigenvalue weighted by molar-refractivity contribution is -0.645. The number of carbonyl (C=O) groups excluding carboxylic acids is 1. The summed E-state index contributed by atoms with van der Waals surface area (Å²) in [6, 6.07) is 29.2. The number of thioether (sulfide) groups is 1. The number of nitrogens with one attached hydrogen (secondary N) is 1. The molecule has 1 fully saturated rings. The first kappa shape index (κ1) is 34.1. The number of aromatic nitrogens is 1. The van der Waals surface area contributed by atoms with Crippen molar-refractivity contribution in [2.24, 2.45) is 0 Å². The van der Waals surface area contributed by atoms with Crippen molar-refractivity contribution in [2.45, 2.75) is 75.2 Å². The van der Waals surface area contributed by atoms with Crippen LogP contribution in [-0.4, -0.2) is 33.9 Å². The van der Waals surface area contributed by atoms with E-state index in [2.05, 4.69) is 11.4 Å². The lowest BCUT2D eigenvalue weighted by Crippen LogP contribution is -2.32. The SMILES string of the molecule is O=C(O)CCCCCC(=O)NCc1cccc(-c2ccc([C@H]3O[C@@H](CSc4cccc[n+]4[O-])C[C@@H](c4ccc(CO)cc4)O3)cc2)c1. The van der Waals surface area contributed by atoms with Gasteiger partial charge in [-0.15, -0.1) is 0 Å². The van der Waals surface area contributed by atoms with E-state index in [4.69, 9.17) is 14.6 Å². The second-order valence-corrected chi connectivity index (χ2v) is 12.6. The third-order valence-corrected chi connectivity index (χ3v) is 9.20. The molecule has 0 spiro atoms. The Morgan fingerprint density at radius 2 is 1.62 bits per heavy atom. The number of aliphatic carboxylic acids is 1. The van der Waals surface area contributed by atoms with E-state index in [1.165, 1.54) is 18.0 Å². The van der Waals surface area contributed by atoms with Crippen LogP contribution in [-0.2, 0) is 32.2 Å². The summed E-state index contributed by atoms with van der Waals surface area (Å²) in [5.74, 6) is -0.265. The number of carboxylic acid groups (broad SMARTS) is 1. The van der Waals surface area contributed by atoms with Gasteiger partial charge >= 0.3 is 5.97 Å². The molecule has 5 rings (SSSR count). The first-order chi connectivity index (χ1) is 22.9. The van der Waals surface area contributed by atoms with Crippen LogP contribution in [0.4, 0.5) is 0 Å². The summed E-state index contributed by atoms with van der Waals surface area (Å²) in [6.45, 7) is 0.392. The third-order valence-electron chi connectivity index (χ3n) is 8.05. The fraction of sp³-hybridized carbons (Fsp3) is 0.324. The molecule has 1 saturated heterocycles. The molecule has 0 saturated carbocycles. The highest BCUT2D eigenvalue weighted by molar-refractivity contribution is 7.99. The molecular formula is C37H40N2O7S. The molecule has 10 heteroatoms. The van der Waals surface area contributed by atoms with Crippen LogP contribution in [0.25, 0.3) is 11.1 Å². The van der Waals surface area contributed by atoms with E-state index in [1.807, 2.05) is 72.8 Å². The smallest absolute Gasteiger partial charge is 0.303 e. The van der Waals surface area contributed by atoms with Gasteiger partial charge in [0.1, 0.15) is 0 Å². The van der Waals surface area contributed by atoms with Crippen LogP contribution in [0.1, 0.15) is 73.2 Å².